The van der Waals surface area contributed by atoms with Crippen molar-refractivity contribution in [3.8, 4) is 5.69 Å². The van der Waals surface area contributed by atoms with E-state index in [1.807, 2.05) is 56.3 Å². The van der Waals surface area contributed by atoms with E-state index in [2.05, 4.69) is 41.0 Å². The minimum Gasteiger partial charge on any atom is -0.268 e. The van der Waals surface area contributed by atoms with Crippen LogP contribution in [-0.4, -0.2) is 45.8 Å². The molecule has 168 valence electrons. The number of rotatable bonds is 6. The Bertz CT molecular complexity index is 1540. The van der Waals surface area contributed by atoms with Gasteiger partial charge in [0.05, 0.1) is 17.5 Å². The van der Waals surface area contributed by atoms with Crippen LogP contribution in [0.25, 0.3) is 11.3 Å². The highest BCUT2D eigenvalue weighted by Gasteiger charge is 2.17. The van der Waals surface area contributed by atoms with E-state index in [-0.39, 0.29) is 11.1 Å². The molecule has 4 heterocycles. The van der Waals surface area contributed by atoms with Crippen molar-refractivity contribution in [2.75, 3.05) is 5.43 Å². The van der Waals surface area contributed by atoms with Gasteiger partial charge in [-0.1, -0.05) is 24.3 Å². The van der Waals surface area contributed by atoms with Gasteiger partial charge in [0.1, 0.15) is 10.7 Å². The average Bonchev–Trinajstić information content (AvgIpc) is 3.29. The summed E-state index contributed by atoms with van der Waals surface area (Å²) in [6.07, 6.45) is 3.07. The molecule has 0 atom stereocenters. The fraction of sp³-hybridized carbons (Fsp3) is 0.0909. The summed E-state index contributed by atoms with van der Waals surface area (Å²) in [4.78, 5) is 26.5. The SMILES string of the molecule is Cc1cc(C)nc(N/N=C/c2c(Sc3nnnn3-c3ccccc3)nc3ccccn3c2=O)n1. The van der Waals surface area contributed by atoms with Gasteiger partial charge in [0.2, 0.25) is 11.1 Å². The molecular weight excluding hydrogens is 452 g/mol. The topological polar surface area (TPSA) is 128 Å². The van der Waals surface area contributed by atoms with Crippen LogP contribution in [0, 0.1) is 13.8 Å². The van der Waals surface area contributed by atoms with Crippen LogP contribution in [0.4, 0.5) is 5.95 Å². The van der Waals surface area contributed by atoms with Gasteiger partial charge in [0.25, 0.3) is 5.56 Å². The number of aryl methyl sites for hydroxylation is 2. The first-order chi connectivity index (χ1) is 16.6. The Morgan fingerprint density at radius 2 is 1.76 bits per heavy atom. The molecule has 0 spiro atoms. The molecule has 1 aromatic carbocycles. The van der Waals surface area contributed by atoms with Crippen LogP contribution in [0.3, 0.4) is 0 Å². The van der Waals surface area contributed by atoms with Crippen LogP contribution in [-0.2, 0) is 0 Å². The van der Waals surface area contributed by atoms with Crippen LogP contribution in [0.1, 0.15) is 17.0 Å². The largest absolute Gasteiger partial charge is 0.268 e. The Kier molecular flexibility index (Phi) is 5.79. The van der Waals surface area contributed by atoms with Crippen molar-refractivity contribution in [3.63, 3.8) is 0 Å². The molecule has 0 amide bonds. The third-order valence-corrected chi connectivity index (χ3v) is 5.65. The summed E-state index contributed by atoms with van der Waals surface area (Å²) in [6.45, 7) is 3.74. The lowest BCUT2D eigenvalue weighted by Gasteiger charge is -2.08. The first kappa shape index (κ1) is 21.4. The van der Waals surface area contributed by atoms with E-state index >= 15 is 0 Å². The van der Waals surface area contributed by atoms with Crippen molar-refractivity contribution in [1.29, 1.82) is 0 Å². The monoisotopic (exact) mass is 470 g/mol. The number of para-hydroxylation sites is 1. The predicted octanol–water partition coefficient (Wildman–Crippen LogP) is 2.67. The number of benzene rings is 1. The number of hydrazone groups is 1. The van der Waals surface area contributed by atoms with E-state index < -0.39 is 0 Å². The van der Waals surface area contributed by atoms with Gasteiger partial charge in [0, 0.05) is 17.6 Å². The van der Waals surface area contributed by atoms with Crippen LogP contribution in [0.15, 0.2) is 80.9 Å². The number of anilines is 1. The van der Waals surface area contributed by atoms with Gasteiger partial charge < -0.3 is 0 Å². The van der Waals surface area contributed by atoms with Crippen LogP contribution < -0.4 is 11.0 Å². The van der Waals surface area contributed by atoms with Gasteiger partial charge in [-0.15, -0.1) is 5.10 Å². The summed E-state index contributed by atoms with van der Waals surface area (Å²) < 4.78 is 3.04. The molecule has 0 aliphatic rings. The van der Waals surface area contributed by atoms with E-state index in [4.69, 9.17) is 0 Å². The highest BCUT2D eigenvalue weighted by Crippen LogP contribution is 2.27. The van der Waals surface area contributed by atoms with Gasteiger partial charge in [-0.05, 0) is 66.4 Å². The molecule has 0 fully saturated rings. The lowest BCUT2D eigenvalue weighted by molar-refractivity contribution is 0.755. The molecule has 0 saturated heterocycles. The summed E-state index contributed by atoms with van der Waals surface area (Å²) in [5, 5.41) is 17.1. The lowest BCUT2D eigenvalue weighted by atomic mass is 10.3. The molecule has 5 rings (SSSR count). The quantitative estimate of drug-likeness (QED) is 0.226. The average molecular weight is 471 g/mol. The molecule has 0 saturated carbocycles. The highest BCUT2D eigenvalue weighted by molar-refractivity contribution is 7.99. The molecule has 34 heavy (non-hydrogen) atoms. The molecule has 12 heteroatoms. The smallest absolute Gasteiger partial charge is 0.267 e. The fourth-order valence-electron chi connectivity index (χ4n) is 3.26. The number of hydrogen-bond donors (Lipinski definition) is 1. The second kappa shape index (κ2) is 9.19. The second-order valence-electron chi connectivity index (χ2n) is 7.22. The van der Waals surface area contributed by atoms with Crippen molar-refractivity contribution >= 4 is 29.6 Å². The van der Waals surface area contributed by atoms with E-state index in [0.29, 0.717) is 21.8 Å². The summed E-state index contributed by atoms with van der Waals surface area (Å²) >= 11 is 1.17. The van der Waals surface area contributed by atoms with Gasteiger partial charge in [-0.3, -0.25) is 9.20 Å². The number of pyridine rings is 1. The summed E-state index contributed by atoms with van der Waals surface area (Å²) in [5.74, 6) is 0.338. The van der Waals surface area contributed by atoms with Crippen molar-refractivity contribution in [1.82, 2.24) is 39.6 Å². The molecule has 0 radical (unpaired) electrons. The summed E-state index contributed by atoms with van der Waals surface area (Å²) in [7, 11) is 0. The molecular formula is C22H18N10OS. The van der Waals surface area contributed by atoms with Gasteiger partial charge in [-0.25, -0.2) is 20.4 Å². The number of nitrogens with one attached hydrogen (secondary N) is 1. The third kappa shape index (κ3) is 4.38. The number of nitrogens with zero attached hydrogens (tertiary/aromatic N) is 9. The van der Waals surface area contributed by atoms with Crippen LogP contribution >= 0.6 is 11.8 Å². The molecule has 0 aliphatic carbocycles. The van der Waals surface area contributed by atoms with E-state index in [9.17, 15) is 4.79 Å². The molecule has 0 bridgehead atoms. The Hall–Kier alpha value is -4.45. The van der Waals surface area contributed by atoms with Gasteiger partial charge >= 0.3 is 0 Å². The number of hydrogen-bond acceptors (Lipinski definition) is 10. The van der Waals surface area contributed by atoms with Crippen molar-refractivity contribution in [3.05, 3.63) is 88.1 Å². The molecule has 5 aromatic rings. The maximum atomic E-state index is 13.3. The van der Waals surface area contributed by atoms with Crippen LogP contribution in [0.5, 0.6) is 0 Å². The van der Waals surface area contributed by atoms with Gasteiger partial charge in [-0.2, -0.15) is 9.78 Å². The van der Waals surface area contributed by atoms with Crippen molar-refractivity contribution in [2.45, 2.75) is 24.0 Å². The van der Waals surface area contributed by atoms with E-state index in [0.717, 1.165) is 17.1 Å². The number of aromatic nitrogens is 8. The zero-order valence-corrected chi connectivity index (χ0v) is 19.0. The van der Waals surface area contributed by atoms with Crippen molar-refractivity contribution < 1.29 is 0 Å². The maximum absolute atomic E-state index is 13.3. The Morgan fingerprint density at radius 3 is 2.56 bits per heavy atom. The second-order valence-corrected chi connectivity index (χ2v) is 8.18. The Labute approximate surface area is 197 Å². The standard InChI is InChI=1S/C22H18N10OS/c1-14-12-15(2)25-21(24-14)27-23-13-17-19(26-18-10-6-7-11-31(18)20(17)33)34-22-28-29-30-32(22)16-8-4-3-5-9-16/h3-13H,1-2H3,(H,24,25,27)/b23-13+. The number of fused-ring (bicyclic) bond motifs is 1. The molecule has 4 aromatic heterocycles. The Balaban J connectivity index is 1.55. The molecule has 11 nitrogen and oxygen atoms in total. The lowest BCUT2D eigenvalue weighted by Crippen LogP contribution is -2.21. The summed E-state index contributed by atoms with van der Waals surface area (Å²) in [5.41, 5.74) is 5.68. The first-order valence-electron chi connectivity index (χ1n) is 10.2. The minimum atomic E-state index is -0.279. The molecule has 0 unspecified atom stereocenters. The van der Waals surface area contributed by atoms with E-state index in [1.165, 1.54) is 22.4 Å². The summed E-state index contributed by atoms with van der Waals surface area (Å²) in [6, 6.07) is 16.7. The zero-order chi connectivity index (χ0) is 23.5. The minimum absolute atomic E-state index is 0.271. The Morgan fingerprint density at radius 1 is 1.00 bits per heavy atom. The zero-order valence-electron chi connectivity index (χ0n) is 18.2. The maximum Gasteiger partial charge on any atom is 0.267 e. The number of tetrazole rings is 1. The molecule has 1 N–H and O–H groups in total. The molecule has 0 aliphatic heterocycles. The fourth-order valence-corrected chi connectivity index (χ4v) is 4.13. The first-order valence-corrected chi connectivity index (χ1v) is 11.0. The van der Waals surface area contributed by atoms with E-state index in [1.54, 1.807) is 23.0 Å². The third-order valence-electron chi connectivity index (χ3n) is 4.70. The van der Waals surface area contributed by atoms with Gasteiger partial charge in [0.15, 0.2) is 0 Å². The normalized spacial score (nSPS) is 11.4. The van der Waals surface area contributed by atoms with Crippen molar-refractivity contribution in [2.24, 2.45) is 5.10 Å². The predicted molar refractivity (Wildman–Crippen MR) is 127 cm³/mol. The van der Waals surface area contributed by atoms with Crippen LogP contribution in [0.2, 0.25) is 0 Å². The highest BCUT2D eigenvalue weighted by atomic mass is 32.2.